The summed E-state index contributed by atoms with van der Waals surface area (Å²) in [4.78, 5) is 18.8. The molecule has 1 aromatic heterocycles. The van der Waals surface area contributed by atoms with E-state index in [9.17, 15) is 4.79 Å². The Morgan fingerprint density at radius 1 is 1.21 bits per heavy atom. The highest BCUT2D eigenvalue weighted by atomic mass is 16.5. The molecule has 0 N–H and O–H groups in total. The molecule has 0 radical (unpaired) electrons. The minimum atomic E-state index is -0.582. The van der Waals surface area contributed by atoms with Gasteiger partial charge in [0.1, 0.15) is 11.5 Å². The van der Waals surface area contributed by atoms with Crippen molar-refractivity contribution in [1.82, 2.24) is 15.0 Å². The molecule has 0 aliphatic heterocycles. The molecule has 2 aromatic carbocycles. The fourth-order valence-corrected chi connectivity index (χ4v) is 2.88. The zero-order valence-electron chi connectivity index (χ0n) is 17.1. The summed E-state index contributed by atoms with van der Waals surface area (Å²) in [5.41, 5.74) is 1.77. The lowest BCUT2D eigenvalue weighted by Crippen LogP contribution is -2.39. The molecular formula is C22H25N3O4. The molecule has 0 saturated heterocycles. The number of methoxy groups -OCH3 is 1. The van der Waals surface area contributed by atoms with E-state index in [0.717, 1.165) is 11.1 Å². The third-order valence-electron chi connectivity index (χ3n) is 4.55. The number of aromatic nitrogens is 2. The molecule has 0 unspecified atom stereocenters. The maximum absolute atomic E-state index is 12.8. The molecule has 1 heterocycles. The second-order valence-electron chi connectivity index (χ2n) is 6.72. The predicted octanol–water partition coefficient (Wildman–Crippen LogP) is 3.87. The Bertz CT molecular complexity index is 970. The van der Waals surface area contributed by atoms with Crippen LogP contribution in [-0.4, -0.2) is 41.2 Å². The van der Waals surface area contributed by atoms with Crippen molar-refractivity contribution in [2.45, 2.75) is 32.9 Å². The second kappa shape index (κ2) is 9.23. The summed E-state index contributed by atoms with van der Waals surface area (Å²) in [6, 6.07) is 15.0. The normalized spacial score (nSPS) is 11.7. The van der Waals surface area contributed by atoms with Crippen LogP contribution in [0.5, 0.6) is 11.5 Å². The number of amides is 1. The van der Waals surface area contributed by atoms with Crippen molar-refractivity contribution in [3.63, 3.8) is 0 Å². The smallest absolute Gasteiger partial charge is 0.263 e. The standard InChI is InChI=1S/C22H25N3O4/c1-5-18(28-19-12-7-6-9-15(19)2)22(26)25(3)14-20-23-21(24-29-20)16-10-8-11-17(13-16)27-4/h6-13,18H,5,14H2,1-4H3/t18-/m1/s1. The SMILES string of the molecule is CC[C@@H](Oc1ccccc1C)C(=O)N(C)Cc1nc(-c2cccc(OC)c2)no1. The average Bonchev–Trinajstić information content (AvgIpc) is 3.21. The van der Waals surface area contributed by atoms with Crippen LogP contribution >= 0.6 is 0 Å². The Hall–Kier alpha value is -3.35. The second-order valence-corrected chi connectivity index (χ2v) is 6.72. The van der Waals surface area contributed by atoms with Crippen molar-refractivity contribution in [3.8, 4) is 22.9 Å². The first-order valence-electron chi connectivity index (χ1n) is 9.46. The lowest BCUT2D eigenvalue weighted by Gasteiger charge is -2.23. The van der Waals surface area contributed by atoms with Crippen molar-refractivity contribution in [2.24, 2.45) is 0 Å². The van der Waals surface area contributed by atoms with Gasteiger partial charge in [-0.15, -0.1) is 0 Å². The molecule has 152 valence electrons. The van der Waals surface area contributed by atoms with Crippen LogP contribution in [0.1, 0.15) is 24.8 Å². The van der Waals surface area contributed by atoms with Gasteiger partial charge in [0.25, 0.3) is 5.91 Å². The maximum atomic E-state index is 12.8. The largest absolute Gasteiger partial charge is 0.497 e. The molecule has 7 heteroatoms. The Morgan fingerprint density at radius 2 is 2.00 bits per heavy atom. The van der Waals surface area contributed by atoms with Gasteiger partial charge in [0.2, 0.25) is 11.7 Å². The Morgan fingerprint density at radius 3 is 2.72 bits per heavy atom. The highest BCUT2D eigenvalue weighted by Crippen LogP contribution is 2.22. The van der Waals surface area contributed by atoms with Crippen LogP contribution in [0.3, 0.4) is 0 Å². The van der Waals surface area contributed by atoms with Crippen LogP contribution in [0.15, 0.2) is 53.1 Å². The number of para-hydroxylation sites is 1. The van der Waals surface area contributed by atoms with Crippen LogP contribution < -0.4 is 9.47 Å². The fraction of sp³-hybridized carbons (Fsp3) is 0.318. The molecule has 0 spiro atoms. The Labute approximate surface area is 170 Å². The summed E-state index contributed by atoms with van der Waals surface area (Å²) < 4.78 is 16.5. The number of nitrogens with zero attached hydrogens (tertiary/aromatic N) is 3. The van der Waals surface area contributed by atoms with Crippen molar-refractivity contribution in [3.05, 3.63) is 60.0 Å². The number of hydrogen-bond donors (Lipinski definition) is 0. The zero-order chi connectivity index (χ0) is 20.8. The van der Waals surface area contributed by atoms with Crippen LogP contribution in [0.25, 0.3) is 11.4 Å². The van der Waals surface area contributed by atoms with Gasteiger partial charge in [-0.25, -0.2) is 0 Å². The summed E-state index contributed by atoms with van der Waals surface area (Å²) in [6.45, 7) is 4.07. The lowest BCUT2D eigenvalue weighted by molar-refractivity contribution is -0.138. The quantitative estimate of drug-likeness (QED) is 0.576. The van der Waals surface area contributed by atoms with Gasteiger partial charge >= 0.3 is 0 Å². The first kappa shape index (κ1) is 20.4. The monoisotopic (exact) mass is 395 g/mol. The molecule has 1 atom stereocenters. The first-order chi connectivity index (χ1) is 14.0. The number of aryl methyl sites for hydroxylation is 1. The summed E-state index contributed by atoms with van der Waals surface area (Å²) >= 11 is 0. The van der Waals surface area contributed by atoms with Gasteiger partial charge in [0.05, 0.1) is 13.7 Å². The Balaban J connectivity index is 1.67. The Kier molecular flexibility index (Phi) is 6.49. The molecular weight excluding hydrogens is 370 g/mol. The summed E-state index contributed by atoms with van der Waals surface area (Å²) in [5, 5.41) is 4.01. The molecule has 0 bridgehead atoms. The van der Waals surface area contributed by atoms with Gasteiger partial charge in [-0.05, 0) is 37.1 Å². The molecule has 0 saturated carbocycles. The van der Waals surface area contributed by atoms with E-state index in [1.165, 1.54) is 4.90 Å². The van der Waals surface area contributed by atoms with Crippen molar-refractivity contribution in [2.75, 3.05) is 14.2 Å². The van der Waals surface area contributed by atoms with Gasteiger partial charge in [0, 0.05) is 12.6 Å². The van der Waals surface area contributed by atoms with E-state index in [1.807, 2.05) is 62.4 Å². The molecule has 3 rings (SSSR count). The van der Waals surface area contributed by atoms with Gasteiger partial charge in [0.15, 0.2) is 6.10 Å². The van der Waals surface area contributed by atoms with Crippen molar-refractivity contribution < 1.29 is 18.8 Å². The summed E-state index contributed by atoms with van der Waals surface area (Å²) in [5.74, 6) is 2.07. The number of likely N-dealkylation sites (N-methyl/N-ethyl adjacent to an activating group) is 1. The van der Waals surface area contributed by atoms with Crippen LogP contribution in [-0.2, 0) is 11.3 Å². The number of benzene rings is 2. The van der Waals surface area contributed by atoms with Crippen LogP contribution in [0, 0.1) is 6.92 Å². The van der Waals surface area contributed by atoms with Gasteiger partial charge < -0.3 is 18.9 Å². The summed E-state index contributed by atoms with van der Waals surface area (Å²) in [6.07, 6.45) is -0.0296. The lowest BCUT2D eigenvalue weighted by atomic mass is 10.2. The van der Waals surface area contributed by atoms with Gasteiger partial charge in [-0.1, -0.05) is 42.4 Å². The third-order valence-corrected chi connectivity index (χ3v) is 4.55. The van der Waals surface area contributed by atoms with E-state index in [0.29, 0.717) is 29.6 Å². The number of hydrogen-bond acceptors (Lipinski definition) is 6. The highest BCUT2D eigenvalue weighted by molar-refractivity contribution is 5.81. The molecule has 0 fully saturated rings. The molecule has 1 amide bonds. The first-order valence-corrected chi connectivity index (χ1v) is 9.46. The fourth-order valence-electron chi connectivity index (χ4n) is 2.88. The van der Waals surface area contributed by atoms with E-state index in [2.05, 4.69) is 10.1 Å². The van der Waals surface area contributed by atoms with E-state index in [1.54, 1.807) is 14.2 Å². The number of carbonyl (C=O) groups is 1. The van der Waals surface area contributed by atoms with E-state index < -0.39 is 6.10 Å². The zero-order valence-corrected chi connectivity index (χ0v) is 17.1. The number of ether oxygens (including phenoxy) is 2. The minimum absolute atomic E-state index is 0.142. The average molecular weight is 395 g/mol. The summed E-state index contributed by atoms with van der Waals surface area (Å²) in [7, 11) is 3.30. The molecule has 29 heavy (non-hydrogen) atoms. The molecule has 3 aromatic rings. The van der Waals surface area contributed by atoms with Gasteiger partial charge in [-0.3, -0.25) is 4.79 Å². The number of rotatable bonds is 8. The highest BCUT2D eigenvalue weighted by Gasteiger charge is 2.24. The maximum Gasteiger partial charge on any atom is 0.263 e. The third kappa shape index (κ3) is 4.93. The minimum Gasteiger partial charge on any atom is -0.497 e. The number of carbonyl (C=O) groups excluding carboxylic acids is 1. The van der Waals surface area contributed by atoms with Crippen LogP contribution in [0.2, 0.25) is 0 Å². The van der Waals surface area contributed by atoms with Gasteiger partial charge in [-0.2, -0.15) is 4.98 Å². The van der Waals surface area contributed by atoms with E-state index in [-0.39, 0.29) is 12.5 Å². The molecule has 7 nitrogen and oxygen atoms in total. The topological polar surface area (TPSA) is 77.7 Å². The molecule has 0 aliphatic rings. The predicted molar refractivity (Wildman–Crippen MR) is 109 cm³/mol. The van der Waals surface area contributed by atoms with Crippen molar-refractivity contribution >= 4 is 5.91 Å². The van der Waals surface area contributed by atoms with Crippen molar-refractivity contribution in [1.29, 1.82) is 0 Å². The van der Waals surface area contributed by atoms with E-state index >= 15 is 0 Å². The molecule has 0 aliphatic carbocycles. The van der Waals surface area contributed by atoms with Crippen LogP contribution in [0.4, 0.5) is 0 Å². The van der Waals surface area contributed by atoms with E-state index in [4.69, 9.17) is 14.0 Å².